The average molecular weight is 398 g/mol. The van der Waals surface area contributed by atoms with Crippen LogP contribution in [0.25, 0.3) is 6.08 Å². The van der Waals surface area contributed by atoms with E-state index < -0.39 is 5.97 Å². The van der Waals surface area contributed by atoms with Gasteiger partial charge in [0.05, 0.1) is 29.9 Å². The van der Waals surface area contributed by atoms with Crippen LogP contribution in [-0.4, -0.2) is 35.9 Å². The van der Waals surface area contributed by atoms with Gasteiger partial charge in [-0.2, -0.15) is 0 Å². The van der Waals surface area contributed by atoms with Gasteiger partial charge >= 0.3 is 5.97 Å². The quantitative estimate of drug-likeness (QED) is 0.721. The van der Waals surface area contributed by atoms with Gasteiger partial charge in [0, 0.05) is 0 Å². The van der Waals surface area contributed by atoms with Crippen LogP contribution in [0, 0.1) is 0 Å². The second-order valence-electron chi connectivity index (χ2n) is 5.68. The van der Waals surface area contributed by atoms with Gasteiger partial charge in [0.15, 0.2) is 16.7 Å². The highest BCUT2D eigenvalue weighted by Crippen LogP contribution is 2.32. The fourth-order valence-corrected chi connectivity index (χ4v) is 3.35. The molecule has 28 heavy (non-hydrogen) atoms. The zero-order valence-electron chi connectivity index (χ0n) is 15.3. The largest absolute Gasteiger partial charge is 0.493 e. The topological polar surface area (TPSA) is 97.2 Å². The molecule has 0 radical (unpaired) electrons. The van der Waals surface area contributed by atoms with Crippen molar-refractivity contribution in [2.24, 2.45) is 4.99 Å². The Labute approximate surface area is 166 Å². The lowest BCUT2D eigenvalue weighted by Crippen LogP contribution is -2.19. The second-order valence-corrected chi connectivity index (χ2v) is 6.71. The SMILES string of the molecule is CCOc1ccc(C=C2SC(=Nc3cccc(C(=O)O)c3)NC2=O)cc1OC. The summed E-state index contributed by atoms with van der Waals surface area (Å²) < 4.78 is 10.8. The number of hydrogen-bond acceptors (Lipinski definition) is 6. The Kier molecular flexibility index (Phi) is 6.00. The van der Waals surface area contributed by atoms with Crippen molar-refractivity contribution in [3.63, 3.8) is 0 Å². The molecular formula is C20H18N2O5S. The third-order valence-electron chi connectivity index (χ3n) is 3.76. The number of amidine groups is 1. The summed E-state index contributed by atoms with van der Waals surface area (Å²) in [4.78, 5) is 28.1. The summed E-state index contributed by atoms with van der Waals surface area (Å²) in [7, 11) is 1.56. The molecule has 1 amide bonds. The van der Waals surface area contributed by atoms with Crippen molar-refractivity contribution in [1.82, 2.24) is 5.32 Å². The molecule has 0 atom stereocenters. The molecule has 0 aliphatic carbocycles. The Morgan fingerprint density at radius 3 is 2.79 bits per heavy atom. The maximum Gasteiger partial charge on any atom is 0.335 e. The number of carboxylic acids is 1. The minimum absolute atomic E-state index is 0.133. The molecule has 8 heteroatoms. The summed E-state index contributed by atoms with van der Waals surface area (Å²) in [5.41, 5.74) is 1.37. The van der Waals surface area contributed by atoms with Crippen molar-refractivity contribution in [2.45, 2.75) is 6.92 Å². The standard InChI is InChI=1S/C20H18N2O5S/c1-3-27-15-8-7-12(9-16(15)26-2)10-17-18(23)22-20(28-17)21-14-6-4-5-13(11-14)19(24)25/h4-11H,3H2,1-2H3,(H,24,25)(H,21,22,23). The number of carboxylic acid groups (broad SMARTS) is 1. The van der Waals surface area contributed by atoms with E-state index in [1.54, 1.807) is 37.5 Å². The summed E-state index contributed by atoms with van der Waals surface area (Å²) in [6.07, 6.45) is 1.73. The molecule has 0 aromatic heterocycles. The zero-order chi connectivity index (χ0) is 20.1. The van der Waals surface area contributed by atoms with E-state index in [1.807, 2.05) is 13.0 Å². The highest BCUT2D eigenvalue weighted by atomic mass is 32.2. The Bertz CT molecular complexity index is 984. The van der Waals surface area contributed by atoms with Crippen molar-refractivity contribution in [3.05, 3.63) is 58.5 Å². The van der Waals surface area contributed by atoms with Crippen molar-refractivity contribution in [3.8, 4) is 11.5 Å². The first-order chi connectivity index (χ1) is 13.5. The Morgan fingerprint density at radius 1 is 1.25 bits per heavy atom. The number of carbonyl (C=O) groups excluding carboxylic acids is 1. The lowest BCUT2D eigenvalue weighted by molar-refractivity contribution is -0.115. The Balaban J connectivity index is 1.82. The normalized spacial score (nSPS) is 16.3. The van der Waals surface area contributed by atoms with Crippen LogP contribution in [-0.2, 0) is 4.79 Å². The predicted octanol–water partition coefficient (Wildman–Crippen LogP) is 3.68. The van der Waals surface area contributed by atoms with Gasteiger partial charge in [-0.25, -0.2) is 9.79 Å². The minimum atomic E-state index is -1.03. The van der Waals surface area contributed by atoms with Crippen LogP contribution in [0.2, 0.25) is 0 Å². The van der Waals surface area contributed by atoms with Crippen LogP contribution >= 0.6 is 11.8 Å². The summed E-state index contributed by atoms with van der Waals surface area (Å²) >= 11 is 1.18. The van der Waals surface area contributed by atoms with E-state index >= 15 is 0 Å². The van der Waals surface area contributed by atoms with Gasteiger partial charge < -0.3 is 19.9 Å². The lowest BCUT2D eigenvalue weighted by Gasteiger charge is -2.09. The van der Waals surface area contributed by atoms with E-state index in [0.717, 1.165) is 5.56 Å². The van der Waals surface area contributed by atoms with Crippen LogP contribution in [0.5, 0.6) is 11.5 Å². The smallest absolute Gasteiger partial charge is 0.335 e. The van der Waals surface area contributed by atoms with Crippen molar-refractivity contribution < 1.29 is 24.2 Å². The maximum atomic E-state index is 12.2. The average Bonchev–Trinajstić information content (AvgIpc) is 3.02. The number of aliphatic imine (C=N–C) groups is 1. The third kappa shape index (κ3) is 4.52. The molecule has 144 valence electrons. The second kappa shape index (κ2) is 8.62. The van der Waals surface area contributed by atoms with Crippen LogP contribution in [0.1, 0.15) is 22.8 Å². The van der Waals surface area contributed by atoms with Gasteiger partial charge in [-0.15, -0.1) is 0 Å². The number of rotatable bonds is 6. The van der Waals surface area contributed by atoms with Crippen LogP contribution in [0.15, 0.2) is 52.4 Å². The molecule has 1 saturated heterocycles. The Hall–Kier alpha value is -3.26. The van der Waals surface area contributed by atoms with Crippen molar-refractivity contribution in [1.29, 1.82) is 0 Å². The number of nitrogens with one attached hydrogen (secondary N) is 1. The number of methoxy groups -OCH3 is 1. The number of benzene rings is 2. The van der Waals surface area contributed by atoms with E-state index in [0.29, 0.717) is 33.9 Å². The maximum absolute atomic E-state index is 12.2. The first-order valence-corrected chi connectivity index (χ1v) is 9.25. The van der Waals surface area contributed by atoms with Gasteiger partial charge in [-0.3, -0.25) is 4.79 Å². The molecular weight excluding hydrogens is 380 g/mol. The molecule has 2 aromatic carbocycles. The summed E-state index contributed by atoms with van der Waals surface area (Å²) in [6.45, 7) is 2.42. The van der Waals surface area contributed by atoms with Gasteiger partial charge in [-0.1, -0.05) is 12.1 Å². The van der Waals surface area contributed by atoms with Crippen molar-refractivity contribution in [2.75, 3.05) is 13.7 Å². The number of amides is 1. The number of nitrogens with zero attached hydrogens (tertiary/aromatic N) is 1. The molecule has 7 nitrogen and oxygen atoms in total. The number of ether oxygens (including phenoxy) is 2. The zero-order valence-corrected chi connectivity index (χ0v) is 16.1. The molecule has 0 spiro atoms. The fourth-order valence-electron chi connectivity index (χ4n) is 2.51. The molecule has 2 aromatic rings. The minimum Gasteiger partial charge on any atom is -0.493 e. The van der Waals surface area contributed by atoms with Crippen LogP contribution in [0.3, 0.4) is 0 Å². The highest BCUT2D eigenvalue weighted by molar-refractivity contribution is 8.18. The number of carbonyl (C=O) groups is 2. The molecule has 1 aliphatic heterocycles. The highest BCUT2D eigenvalue weighted by Gasteiger charge is 2.24. The third-order valence-corrected chi connectivity index (χ3v) is 4.67. The molecule has 0 unspecified atom stereocenters. The van der Waals surface area contributed by atoms with Crippen LogP contribution < -0.4 is 14.8 Å². The van der Waals surface area contributed by atoms with E-state index in [4.69, 9.17) is 14.6 Å². The molecule has 1 aliphatic rings. The lowest BCUT2D eigenvalue weighted by atomic mass is 10.2. The van der Waals surface area contributed by atoms with E-state index in [2.05, 4.69) is 10.3 Å². The number of hydrogen-bond donors (Lipinski definition) is 2. The molecule has 0 bridgehead atoms. The molecule has 2 N–H and O–H groups in total. The van der Waals surface area contributed by atoms with Gasteiger partial charge in [0.25, 0.3) is 5.91 Å². The molecule has 0 saturated carbocycles. The van der Waals surface area contributed by atoms with E-state index in [9.17, 15) is 9.59 Å². The van der Waals surface area contributed by atoms with Crippen LogP contribution in [0.4, 0.5) is 5.69 Å². The summed E-state index contributed by atoms with van der Waals surface area (Å²) in [6, 6.07) is 11.6. The number of thioether (sulfide) groups is 1. The molecule has 1 heterocycles. The Morgan fingerprint density at radius 2 is 2.07 bits per heavy atom. The fraction of sp³-hybridized carbons (Fsp3) is 0.150. The number of aromatic carboxylic acids is 1. The van der Waals surface area contributed by atoms with E-state index in [-0.39, 0.29) is 11.5 Å². The summed E-state index contributed by atoms with van der Waals surface area (Å²) in [5.74, 6) is -0.0867. The van der Waals surface area contributed by atoms with Gasteiger partial charge in [0.1, 0.15) is 0 Å². The summed E-state index contributed by atoms with van der Waals surface area (Å²) in [5, 5.41) is 12.1. The van der Waals surface area contributed by atoms with E-state index in [1.165, 1.54) is 23.9 Å². The van der Waals surface area contributed by atoms with Gasteiger partial charge in [0.2, 0.25) is 0 Å². The van der Waals surface area contributed by atoms with Crippen molar-refractivity contribution >= 4 is 40.6 Å². The predicted molar refractivity (Wildman–Crippen MR) is 108 cm³/mol. The monoisotopic (exact) mass is 398 g/mol. The molecule has 1 fully saturated rings. The first kappa shape index (κ1) is 19.5. The molecule has 3 rings (SSSR count). The first-order valence-electron chi connectivity index (χ1n) is 8.44. The van der Waals surface area contributed by atoms with Gasteiger partial charge in [-0.05, 0) is 60.7 Å².